The monoisotopic (exact) mass is 402 g/mol. The zero-order valence-corrected chi connectivity index (χ0v) is 13.2. The Morgan fingerprint density at radius 3 is 2.84 bits per heavy atom. The Morgan fingerprint density at radius 1 is 1.58 bits per heavy atom. The Balaban J connectivity index is 2.53. The van der Waals surface area contributed by atoms with Gasteiger partial charge in [-0.15, -0.1) is 0 Å². The van der Waals surface area contributed by atoms with E-state index in [1.165, 1.54) is 12.2 Å². The van der Waals surface area contributed by atoms with Crippen LogP contribution in [0.2, 0.25) is 0 Å². The predicted octanol–water partition coefficient (Wildman–Crippen LogP) is 2.16. The van der Waals surface area contributed by atoms with E-state index in [1.807, 2.05) is 4.93 Å². The number of thiocarbonyl (C=S) groups is 1. The van der Waals surface area contributed by atoms with Crippen molar-refractivity contribution in [2.75, 3.05) is 11.6 Å². The van der Waals surface area contributed by atoms with Gasteiger partial charge in [0, 0.05) is 16.5 Å². The molecule has 1 saturated heterocycles. The fourth-order valence-electron chi connectivity index (χ4n) is 2.09. The average molecular weight is 402 g/mol. The summed E-state index contributed by atoms with van der Waals surface area (Å²) in [6.45, 7) is -1.24. The number of piperidine rings is 1. The van der Waals surface area contributed by atoms with Crippen molar-refractivity contribution in [3.05, 3.63) is 17.7 Å². The molecule has 1 fully saturated rings. The first kappa shape index (κ1) is 15.0. The third kappa shape index (κ3) is 2.49. The zero-order valence-electron chi connectivity index (χ0n) is 10.3. The molecule has 3 N–H and O–H groups in total. The van der Waals surface area contributed by atoms with Crippen LogP contribution in [0.25, 0.3) is 0 Å². The van der Waals surface area contributed by atoms with Gasteiger partial charge in [-0.1, -0.05) is 34.8 Å². The van der Waals surface area contributed by atoms with Gasteiger partial charge in [0.2, 0.25) is 0 Å². The highest BCUT2D eigenvalue weighted by atomic mass is 127. The molecule has 0 aliphatic carbocycles. The standard InChI is InChI=1S/C12H14F3IN2S/c1-16-5-3-8(6-9(16)17)11(7-13)12(14,15)4-2-10(19)18-11/h3,6H,2,4,7,17H2,1H3,(H,18,19)/t11-/m1/s1. The minimum atomic E-state index is -3.21. The molecule has 0 bridgehead atoms. The van der Waals surface area contributed by atoms with Crippen molar-refractivity contribution >= 4 is 43.4 Å². The third-order valence-corrected chi connectivity index (χ3v) is 7.06. The molecule has 106 valence electrons. The second-order valence-electron chi connectivity index (χ2n) is 4.50. The highest BCUT2D eigenvalue weighted by Crippen LogP contribution is 2.42. The van der Waals surface area contributed by atoms with Crippen LogP contribution in [-0.2, 0) is 0 Å². The molecule has 0 aromatic rings. The van der Waals surface area contributed by atoms with Crippen molar-refractivity contribution in [3.63, 3.8) is 0 Å². The largest absolute Gasteiger partial charge is 0.363 e. The van der Waals surface area contributed by atoms with Crippen molar-refractivity contribution in [2.24, 2.45) is 5.73 Å². The SMILES string of the molecule is CI1=C=CC([C@@]2(CF)NC(=S)CCC2(F)F)=CC=1N. The lowest BCUT2D eigenvalue weighted by molar-refractivity contribution is -0.0863. The molecule has 0 unspecified atom stereocenters. The molecule has 0 spiro atoms. The molecular formula is C12H14F3IN2S. The second-order valence-corrected chi connectivity index (χ2v) is 9.56. The number of hydrogen-bond acceptors (Lipinski definition) is 2. The molecule has 0 amide bonds. The molecule has 19 heavy (non-hydrogen) atoms. The maximum Gasteiger partial charge on any atom is 0.277 e. The summed E-state index contributed by atoms with van der Waals surface area (Å²) in [7, 11) is 0. The van der Waals surface area contributed by atoms with Crippen LogP contribution >= 0.6 is 31.1 Å². The normalized spacial score (nSPS) is 30.7. The van der Waals surface area contributed by atoms with Gasteiger partial charge in [0.05, 0.1) is 4.99 Å². The Hall–Kier alpha value is -0.370. The molecule has 0 aromatic carbocycles. The van der Waals surface area contributed by atoms with Crippen molar-refractivity contribution < 1.29 is 13.2 Å². The van der Waals surface area contributed by atoms with Crippen LogP contribution in [0, 0.1) is 0 Å². The van der Waals surface area contributed by atoms with Crippen molar-refractivity contribution in [1.29, 1.82) is 0 Å². The summed E-state index contributed by atoms with van der Waals surface area (Å²) < 4.78 is 45.5. The quantitative estimate of drug-likeness (QED) is 0.423. The van der Waals surface area contributed by atoms with E-state index in [0.29, 0.717) is 3.63 Å². The van der Waals surface area contributed by atoms with Gasteiger partial charge in [0.15, 0.2) is 5.54 Å². The van der Waals surface area contributed by atoms with E-state index in [-0.39, 0.29) is 17.0 Å². The Labute approximate surface area is 121 Å². The second kappa shape index (κ2) is 5.20. The molecule has 2 aliphatic rings. The minimum Gasteiger partial charge on any atom is -0.363 e. The van der Waals surface area contributed by atoms with Gasteiger partial charge >= 0.3 is 0 Å². The summed E-state index contributed by atoms with van der Waals surface area (Å²) in [5.41, 5.74) is 3.85. The fourth-order valence-corrected chi connectivity index (χ4v) is 4.33. The van der Waals surface area contributed by atoms with E-state index in [0.717, 1.165) is 0 Å². The Bertz CT molecular complexity index is 584. The van der Waals surface area contributed by atoms with E-state index < -0.39 is 43.4 Å². The summed E-state index contributed by atoms with van der Waals surface area (Å²) in [6.07, 6.45) is 2.53. The smallest absolute Gasteiger partial charge is 0.277 e. The molecule has 2 rings (SSSR count). The molecule has 2 heterocycles. The summed E-state index contributed by atoms with van der Waals surface area (Å²) in [5, 5.41) is 2.49. The van der Waals surface area contributed by atoms with E-state index in [9.17, 15) is 13.2 Å². The number of nitrogens with two attached hydrogens (primary N) is 1. The number of halogens is 4. The van der Waals surface area contributed by atoms with Gasteiger partial charge in [0.1, 0.15) is 6.67 Å². The van der Waals surface area contributed by atoms with Crippen molar-refractivity contribution in [1.82, 2.24) is 5.32 Å². The van der Waals surface area contributed by atoms with Gasteiger partial charge in [0.25, 0.3) is 5.92 Å². The Kier molecular flexibility index (Phi) is 4.11. The highest BCUT2D eigenvalue weighted by Gasteiger charge is 2.58. The molecule has 1 atom stereocenters. The molecule has 0 radical (unpaired) electrons. The van der Waals surface area contributed by atoms with Crippen LogP contribution in [0.5, 0.6) is 0 Å². The van der Waals surface area contributed by atoms with E-state index in [4.69, 9.17) is 18.0 Å². The van der Waals surface area contributed by atoms with Crippen LogP contribution in [0.3, 0.4) is 0 Å². The maximum absolute atomic E-state index is 14.2. The summed E-state index contributed by atoms with van der Waals surface area (Å²) in [4.78, 5) is 2.20. The first-order valence-electron chi connectivity index (χ1n) is 5.61. The van der Waals surface area contributed by atoms with E-state index >= 15 is 0 Å². The lowest BCUT2D eigenvalue weighted by Crippen LogP contribution is -2.66. The Morgan fingerprint density at radius 2 is 2.26 bits per heavy atom. The van der Waals surface area contributed by atoms with Gasteiger partial charge in [-0.3, -0.25) is 5.73 Å². The number of alkyl halides is 4. The molecule has 7 heteroatoms. The molecule has 0 saturated carbocycles. The van der Waals surface area contributed by atoms with Crippen LogP contribution in [-0.4, -0.2) is 35.4 Å². The zero-order chi connectivity index (χ0) is 14.3. The van der Waals surface area contributed by atoms with E-state index in [2.05, 4.69) is 8.98 Å². The van der Waals surface area contributed by atoms with Crippen molar-refractivity contribution in [3.8, 4) is 0 Å². The molecule has 2 nitrogen and oxygen atoms in total. The van der Waals surface area contributed by atoms with Crippen molar-refractivity contribution in [2.45, 2.75) is 24.3 Å². The van der Waals surface area contributed by atoms with Gasteiger partial charge in [-0.2, -0.15) is 0 Å². The lowest BCUT2D eigenvalue weighted by Gasteiger charge is -2.44. The topological polar surface area (TPSA) is 38.0 Å². The number of nitrogens with one attached hydrogen (secondary N) is 1. The van der Waals surface area contributed by atoms with E-state index in [1.54, 1.807) is 0 Å². The predicted molar refractivity (Wildman–Crippen MR) is 85.4 cm³/mol. The first-order valence-corrected chi connectivity index (χ1v) is 10.3. The summed E-state index contributed by atoms with van der Waals surface area (Å²) >= 11 is 3.28. The van der Waals surface area contributed by atoms with Crippen LogP contribution in [0.4, 0.5) is 13.2 Å². The fraction of sp³-hybridized carbons (Fsp3) is 0.500. The lowest BCUT2D eigenvalue weighted by atomic mass is 9.79. The minimum absolute atomic E-state index is 0.0657. The molecular weight excluding hydrogens is 388 g/mol. The number of rotatable bonds is 2. The van der Waals surface area contributed by atoms with Crippen LogP contribution in [0.15, 0.2) is 17.7 Å². The molecule has 0 aromatic heterocycles. The third-order valence-electron chi connectivity index (χ3n) is 3.33. The maximum atomic E-state index is 14.2. The molecule has 2 aliphatic heterocycles. The van der Waals surface area contributed by atoms with Crippen LogP contribution in [0.1, 0.15) is 12.8 Å². The summed E-state index contributed by atoms with van der Waals surface area (Å²) in [6, 6.07) is 0. The summed E-state index contributed by atoms with van der Waals surface area (Å²) in [5.74, 6) is -3.21. The van der Waals surface area contributed by atoms with Gasteiger partial charge in [-0.25, -0.2) is 13.2 Å². The number of hydrogen-bond donors (Lipinski definition) is 2. The van der Waals surface area contributed by atoms with Gasteiger partial charge in [-0.05, 0) is 22.7 Å². The van der Waals surface area contributed by atoms with Gasteiger partial charge < -0.3 is 5.32 Å². The average Bonchev–Trinajstić information content (AvgIpc) is 2.36. The highest BCUT2D eigenvalue weighted by molar-refractivity contribution is 14.2. The first-order chi connectivity index (χ1) is 8.82. The van der Waals surface area contributed by atoms with Crippen LogP contribution < -0.4 is 11.1 Å².